The highest BCUT2D eigenvalue weighted by atomic mass is 16.5. The van der Waals surface area contributed by atoms with E-state index < -0.39 is 6.04 Å². The van der Waals surface area contributed by atoms with Gasteiger partial charge in [0.05, 0.1) is 25.3 Å². The standard InChI is InChI=1S/C17H24N4O3/c1-24-15-5-3-2-4-14(15)20-8-10-21(11-9-20)16(22)12-13-17(23)19-7-6-18-13/h2-5,13,18H,6-12H2,1H3,(H,19,23)/t13-/m0/s1. The first-order chi connectivity index (χ1) is 11.7. The van der Waals surface area contributed by atoms with Crippen LogP contribution in [0.25, 0.3) is 0 Å². The predicted octanol–water partition coefficient (Wildman–Crippen LogP) is -0.178. The Morgan fingerprint density at radius 3 is 2.67 bits per heavy atom. The summed E-state index contributed by atoms with van der Waals surface area (Å²) in [6.45, 7) is 4.18. The molecule has 1 aromatic carbocycles. The number of nitrogens with zero attached hydrogens (tertiary/aromatic N) is 2. The van der Waals surface area contributed by atoms with E-state index >= 15 is 0 Å². The van der Waals surface area contributed by atoms with Gasteiger partial charge >= 0.3 is 0 Å². The summed E-state index contributed by atoms with van der Waals surface area (Å²) in [5.41, 5.74) is 1.06. The molecular weight excluding hydrogens is 308 g/mol. The first kappa shape index (κ1) is 16.6. The van der Waals surface area contributed by atoms with Gasteiger partial charge in [0.25, 0.3) is 0 Å². The largest absolute Gasteiger partial charge is 0.495 e. The SMILES string of the molecule is COc1ccccc1N1CCN(C(=O)C[C@@H]2NCCNC2=O)CC1. The molecule has 0 spiro atoms. The first-order valence-electron chi connectivity index (χ1n) is 8.36. The number of nitrogens with one attached hydrogen (secondary N) is 2. The number of rotatable bonds is 4. The third kappa shape index (κ3) is 3.62. The lowest BCUT2D eigenvalue weighted by molar-refractivity contribution is -0.135. The van der Waals surface area contributed by atoms with Gasteiger partial charge in [0, 0.05) is 39.3 Å². The summed E-state index contributed by atoms with van der Waals surface area (Å²) in [7, 11) is 1.67. The normalized spacial score (nSPS) is 21.4. The van der Waals surface area contributed by atoms with Crippen LogP contribution in [0.15, 0.2) is 24.3 Å². The topological polar surface area (TPSA) is 73.9 Å². The fourth-order valence-corrected chi connectivity index (χ4v) is 3.20. The van der Waals surface area contributed by atoms with Crippen LogP contribution in [0.5, 0.6) is 5.75 Å². The van der Waals surface area contributed by atoms with Gasteiger partial charge in [0.15, 0.2) is 0 Å². The van der Waals surface area contributed by atoms with Crippen molar-refractivity contribution in [2.24, 2.45) is 0 Å². The second-order valence-electron chi connectivity index (χ2n) is 6.04. The van der Waals surface area contributed by atoms with Crippen molar-refractivity contribution < 1.29 is 14.3 Å². The van der Waals surface area contributed by atoms with Crippen LogP contribution < -0.4 is 20.3 Å². The number of carbonyl (C=O) groups is 2. The van der Waals surface area contributed by atoms with Gasteiger partial charge in [-0.05, 0) is 12.1 Å². The van der Waals surface area contributed by atoms with Crippen molar-refractivity contribution in [3.8, 4) is 5.75 Å². The molecule has 0 saturated carbocycles. The van der Waals surface area contributed by atoms with Crippen LogP contribution in [0, 0.1) is 0 Å². The highest BCUT2D eigenvalue weighted by molar-refractivity contribution is 5.89. The number of methoxy groups -OCH3 is 1. The number of hydrogen-bond acceptors (Lipinski definition) is 5. The van der Waals surface area contributed by atoms with E-state index in [4.69, 9.17) is 4.74 Å². The number of ether oxygens (including phenoxy) is 1. The average molecular weight is 332 g/mol. The quantitative estimate of drug-likeness (QED) is 0.800. The lowest BCUT2D eigenvalue weighted by atomic mass is 10.1. The third-order valence-corrected chi connectivity index (χ3v) is 4.57. The summed E-state index contributed by atoms with van der Waals surface area (Å²) in [4.78, 5) is 28.3. The highest BCUT2D eigenvalue weighted by Crippen LogP contribution is 2.28. The van der Waals surface area contributed by atoms with Crippen LogP contribution >= 0.6 is 0 Å². The maximum Gasteiger partial charge on any atom is 0.237 e. The van der Waals surface area contributed by atoms with Crippen LogP contribution in [0.3, 0.4) is 0 Å². The molecule has 2 saturated heterocycles. The van der Waals surface area contributed by atoms with Crippen LogP contribution in [0.1, 0.15) is 6.42 Å². The van der Waals surface area contributed by atoms with E-state index in [-0.39, 0.29) is 18.2 Å². The number of amides is 2. The Labute approximate surface area is 141 Å². The predicted molar refractivity (Wildman–Crippen MR) is 91.2 cm³/mol. The molecule has 2 aliphatic rings. The third-order valence-electron chi connectivity index (χ3n) is 4.57. The number of piperazine rings is 2. The van der Waals surface area contributed by atoms with Crippen LogP contribution in [0.4, 0.5) is 5.69 Å². The maximum absolute atomic E-state index is 12.4. The minimum absolute atomic E-state index is 0.0317. The van der Waals surface area contributed by atoms with E-state index in [1.165, 1.54) is 0 Å². The van der Waals surface area contributed by atoms with Gasteiger partial charge in [-0.3, -0.25) is 9.59 Å². The van der Waals surface area contributed by atoms with Crippen molar-refractivity contribution in [1.29, 1.82) is 0 Å². The Balaban J connectivity index is 1.54. The molecule has 2 aliphatic heterocycles. The Morgan fingerprint density at radius 1 is 1.21 bits per heavy atom. The lowest BCUT2D eigenvalue weighted by Gasteiger charge is -2.37. The minimum atomic E-state index is -0.404. The molecule has 2 heterocycles. The molecule has 0 unspecified atom stereocenters. The molecule has 130 valence electrons. The highest BCUT2D eigenvalue weighted by Gasteiger charge is 2.28. The summed E-state index contributed by atoms with van der Waals surface area (Å²) in [5, 5.41) is 5.89. The lowest BCUT2D eigenvalue weighted by Crippen LogP contribution is -2.56. The Hall–Kier alpha value is -2.28. The number of para-hydroxylation sites is 2. The summed E-state index contributed by atoms with van der Waals surface area (Å²) in [6.07, 6.45) is 0.223. The molecule has 3 rings (SSSR count). The number of carbonyl (C=O) groups excluding carboxylic acids is 2. The molecule has 1 atom stereocenters. The van der Waals surface area contributed by atoms with Gasteiger partial charge in [-0.25, -0.2) is 0 Å². The number of benzene rings is 1. The van der Waals surface area contributed by atoms with Gasteiger partial charge in [-0.15, -0.1) is 0 Å². The van der Waals surface area contributed by atoms with E-state index in [1.807, 2.05) is 29.2 Å². The van der Waals surface area contributed by atoms with Crippen molar-refractivity contribution in [3.63, 3.8) is 0 Å². The van der Waals surface area contributed by atoms with E-state index in [0.29, 0.717) is 26.2 Å². The van der Waals surface area contributed by atoms with Crippen molar-refractivity contribution in [2.75, 3.05) is 51.3 Å². The molecular formula is C17H24N4O3. The monoisotopic (exact) mass is 332 g/mol. The molecule has 0 radical (unpaired) electrons. The van der Waals surface area contributed by atoms with Gasteiger partial charge in [0.2, 0.25) is 11.8 Å². The second-order valence-corrected chi connectivity index (χ2v) is 6.04. The first-order valence-corrected chi connectivity index (χ1v) is 8.36. The maximum atomic E-state index is 12.4. The molecule has 2 N–H and O–H groups in total. The van der Waals surface area contributed by atoms with E-state index in [9.17, 15) is 9.59 Å². The van der Waals surface area contributed by atoms with Crippen LogP contribution in [-0.2, 0) is 9.59 Å². The molecule has 0 aliphatic carbocycles. The summed E-state index contributed by atoms with van der Waals surface area (Å²) < 4.78 is 5.41. The van der Waals surface area contributed by atoms with Crippen LogP contribution in [0.2, 0.25) is 0 Å². The minimum Gasteiger partial charge on any atom is -0.495 e. The van der Waals surface area contributed by atoms with E-state index in [1.54, 1.807) is 7.11 Å². The molecule has 1 aromatic rings. The molecule has 0 aromatic heterocycles. The smallest absolute Gasteiger partial charge is 0.237 e. The number of anilines is 1. The van der Waals surface area contributed by atoms with Crippen molar-refractivity contribution in [3.05, 3.63) is 24.3 Å². The van der Waals surface area contributed by atoms with Crippen molar-refractivity contribution >= 4 is 17.5 Å². The molecule has 2 fully saturated rings. The van der Waals surface area contributed by atoms with Gasteiger partial charge < -0.3 is 25.2 Å². The van der Waals surface area contributed by atoms with Crippen molar-refractivity contribution in [1.82, 2.24) is 15.5 Å². The van der Waals surface area contributed by atoms with E-state index in [2.05, 4.69) is 15.5 Å². The molecule has 7 nitrogen and oxygen atoms in total. The Kier molecular flexibility index (Phi) is 5.20. The van der Waals surface area contributed by atoms with Crippen LogP contribution in [-0.4, -0.2) is 69.1 Å². The van der Waals surface area contributed by atoms with Gasteiger partial charge in [-0.2, -0.15) is 0 Å². The molecule has 0 bridgehead atoms. The molecule has 24 heavy (non-hydrogen) atoms. The summed E-state index contributed by atoms with van der Waals surface area (Å²) in [5.74, 6) is 0.798. The zero-order valence-corrected chi connectivity index (χ0v) is 14.0. The Bertz CT molecular complexity index is 599. The fraction of sp³-hybridized carbons (Fsp3) is 0.529. The fourth-order valence-electron chi connectivity index (χ4n) is 3.20. The molecule has 7 heteroatoms. The zero-order valence-electron chi connectivity index (χ0n) is 14.0. The Morgan fingerprint density at radius 2 is 1.96 bits per heavy atom. The number of hydrogen-bond donors (Lipinski definition) is 2. The van der Waals surface area contributed by atoms with Gasteiger partial charge in [-0.1, -0.05) is 12.1 Å². The average Bonchev–Trinajstić information content (AvgIpc) is 2.63. The second kappa shape index (κ2) is 7.53. The van der Waals surface area contributed by atoms with Crippen molar-refractivity contribution in [2.45, 2.75) is 12.5 Å². The van der Waals surface area contributed by atoms with E-state index in [0.717, 1.165) is 24.5 Å². The summed E-state index contributed by atoms with van der Waals surface area (Å²) in [6, 6.07) is 7.51. The van der Waals surface area contributed by atoms with Gasteiger partial charge in [0.1, 0.15) is 5.75 Å². The zero-order chi connectivity index (χ0) is 16.9. The summed E-state index contributed by atoms with van der Waals surface area (Å²) >= 11 is 0. The molecule has 2 amide bonds.